The summed E-state index contributed by atoms with van der Waals surface area (Å²) in [7, 11) is 0. The molecule has 6 aromatic rings. The summed E-state index contributed by atoms with van der Waals surface area (Å²) in [5, 5.41) is 4.47. The molecule has 0 bridgehead atoms. The van der Waals surface area contributed by atoms with E-state index in [9.17, 15) is 0 Å². The predicted molar refractivity (Wildman–Crippen MR) is 122 cm³/mol. The molecular formula is C24H12Br2O2. The van der Waals surface area contributed by atoms with Gasteiger partial charge < -0.3 is 8.83 Å². The molecule has 2 heterocycles. The first kappa shape index (κ1) is 16.4. The lowest BCUT2D eigenvalue weighted by Gasteiger charge is -2.02. The monoisotopic (exact) mass is 490 g/mol. The molecule has 0 N–H and O–H groups in total. The molecule has 4 heteroatoms. The van der Waals surface area contributed by atoms with Crippen molar-refractivity contribution >= 4 is 75.7 Å². The quantitative estimate of drug-likeness (QED) is 0.230. The van der Waals surface area contributed by atoms with Crippen molar-refractivity contribution in [2.75, 3.05) is 0 Å². The number of hydrogen-bond donors (Lipinski definition) is 0. The Labute approximate surface area is 177 Å². The molecule has 0 radical (unpaired) electrons. The molecule has 0 aliphatic carbocycles. The third kappa shape index (κ3) is 2.31. The lowest BCUT2D eigenvalue weighted by molar-refractivity contribution is 0.666. The maximum Gasteiger partial charge on any atom is 0.149 e. The van der Waals surface area contributed by atoms with Crippen molar-refractivity contribution in [2.45, 2.75) is 0 Å². The summed E-state index contributed by atoms with van der Waals surface area (Å²) >= 11 is 7.16. The zero-order valence-corrected chi connectivity index (χ0v) is 17.7. The average Bonchev–Trinajstić information content (AvgIpc) is 3.27. The van der Waals surface area contributed by atoms with Gasteiger partial charge in [0, 0.05) is 21.5 Å². The second-order valence-corrected chi connectivity index (χ2v) is 8.57. The molecule has 0 saturated carbocycles. The van der Waals surface area contributed by atoms with Gasteiger partial charge in [-0.3, -0.25) is 0 Å². The molecule has 0 amide bonds. The zero-order chi connectivity index (χ0) is 18.8. The van der Waals surface area contributed by atoms with E-state index in [4.69, 9.17) is 8.83 Å². The molecule has 0 spiro atoms. The van der Waals surface area contributed by atoms with E-state index in [0.29, 0.717) is 0 Å². The van der Waals surface area contributed by atoms with Crippen molar-refractivity contribution in [2.24, 2.45) is 0 Å². The van der Waals surface area contributed by atoms with E-state index in [0.717, 1.165) is 63.9 Å². The van der Waals surface area contributed by atoms with Crippen LogP contribution in [0.3, 0.4) is 0 Å². The highest BCUT2D eigenvalue weighted by molar-refractivity contribution is 9.11. The van der Waals surface area contributed by atoms with Crippen LogP contribution in [0.2, 0.25) is 0 Å². The highest BCUT2D eigenvalue weighted by atomic mass is 79.9. The molecule has 0 atom stereocenters. The van der Waals surface area contributed by atoms with Gasteiger partial charge in [0.2, 0.25) is 0 Å². The first-order valence-electron chi connectivity index (χ1n) is 8.91. The molecule has 0 aliphatic heterocycles. The second-order valence-electron chi connectivity index (χ2n) is 6.86. The topological polar surface area (TPSA) is 26.3 Å². The summed E-state index contributed by atoms with van der Waals surface area (Å²) in [5.74, 6) is 0. The lowest BCUT2D eigenvalue weighted by atomic mass is 10.0. The van der Waals surface area contributed by atoms with Crippen LogP contribution >= 0.6 is 31.9 Å². The van der Waals surface area contributed by atoms with E-state index >= 15 is 0 Å². The van der Waals surface area contributed by atoms with Gasteiger partial charge in [-0.2, -0.15) is 0 Å². The maximum absolute atomic E-state index is 6.04. The fraction of sp³-hybridized carbons (Fsp3) is 0. The van der Waals surface area contributed by atoms with Gasteiger partial charge in [-0.05, 0) is 79.4 Å². The fourth-order valence-corrected chi connectivity index (χ4v) is 4.78. The van der Waals surface area contributed by atoms with Crippen LogP contribution in [0.1, 0.15) is 0 Å². The largest absolute Gasteiger partial charge is 0.455 e. The molecule has 2 aromatic heterocycles. The van der Waals surface area contributed by atoms with Gasteiger partial charge in [0.15, 0.2) is 0 Å². The van der Waals surface area contributed by atoms with Crippen molar-refractivity contribution < 1.29 is 8.83 Å². The van der Waals surface area contributed by atoms with Crippen LogP contribution in [0.15, 0.2) is 90.6 Å². The summed E-state index contributed by atoms with van der Waals surface area (Å²) in [6, 6.07) is 25.0. The Hall–Kier alpha value is -2.56. The van der Waals surface area contributed by atoms with Gasteiger partial charge >= 0.3 is 0 Å². The first-order valence-corrected chi connectivity index (χ1v) is 10.5. The number of fused-ring (bicyclic) bond motifs is 6. The molecule has 0 unspecified atom stereocenters. The minimum absolute atomic E-state index is 0.885. The third-order valence-electron chi connectivity index (χ3n) is 5.23. The molecular weight excluding hydrogens is 480 g/mol. The summed E-state index contributed by atoms with van der Waals surface area (Å²) in [6.45, 7) is 0. The van der Waals surface area contributed by atoms with Crippen LogP contribution in [-0.4, -0.2) is 0 Å². The lowest BCUT2D eigenvalue weighted by Crippen LogP contribution is -1.78. The van der Waals surface area contributed by atoms with Crippen molar-refractivity contribution in [1.82, 2.24) is 0 Å². The van der Waals surface area contributed by atoms with Gasteiger partial charge in [-0.15, -0.1) is 0 Å². The van der Waals surface area contributed by atoms with Crippen molar-refractivity contribution in [3.8, 4) is 11.1 Å². The van der Waals surface area contributed by atoms with Crippen LogP contribution in [0.5, 0.6) is 0 Å². The van der Waals surface area contributed by atoms with E-state index in [1.807, 2.05) is 36.4 Å². The number of para-hydroxylation sites is 2. The SMILES string of the molecule is Brc1cccc2c1oc1ccc(-c3ccc4oc5c(Br)cccc5c4c3)cc12. The molecule has 6 rings (SSSR count). The summed E-state index contributed by atoms with van der Waals surface area (Å²) < 4.78 is 14.0. The minimum atomic E-state index is 0.885. The Morgan fingerprint density at radius 2 is 0.964 bits per heavy atom. The van der Waals surface area contributed by atoms with Crippen LogP contribution in [0.25, 0.3) is 55.0 Å². The fourth-order valence-electron chi connectivity index (χ4n) is 3.89. The number of furan rings is 2. The van der Waals surface area contributed by atoms with Gasteiger partial charge in [0.05, 0.1) is 8.95 Å². The maximum atomic E-state index is 6.04. The summed E-state index contributed by atoms with van der Waals surface area (Å²) in [4.78, 5) is 0. The van der Waals surface area contributed by atoms with Gasteiger partial charge in [0.1, 0.15) is 22.3 Å². The molecule has 0 aliphatic rings. The van der Waals surface area contributed by atoms with E-state index in [-0.39, 0.29) is 0 Å². The van der Waals surface area contributed by atoms with Gasteiger partial charge in [-0.1, -0.05) is 36.4 Å². The Morgan fingerprint density at radius 3 is 1.43 bits per heavy atom. The Balaban J connectivity index is 1.61. The van der Waals surface area contributed by atoms with E-state index in [1.54, 1.807) is 0 Å². The second kappa shape index (κ2) is 5.97. The molecule has 0 fully saturated rings. The third-order valence-corrected chi connectivity index (χ3v) is 6.48. The number of halogens is 2. The normalized spacial score (nSPS) is 11.9. The number of rotatable bonds is 1. The Bertz CT molecular complexity index is 1420. The van der Waals surface area contributed by atoms with Crippen LogP contribution in [0, 0.1) is 0 Å². The number of hydrogen-bond acceptors (Lipinski definition) is 2. The minimum Gasteiger partial charge on any atom is -0.455 e. The van der Waals surface area contributed by atoms with Crippen molar-refractivity contribution in [1.29, 1.82) is 0 Å². The molecule has 4 aromatic carbocycles. The van der Waals surface area contributed by atoms with E-state index < -0.39 is 0 Å². The molecule has 2 nitrogen and oxygen atoms in total. The molecule has 28 heavy (non-hydrogen) atoms. The Kier molecular flexibility index (Phi) is 3.49. The average molecular weight is 492 g/mol. The number of benzene rings is 4. The summed E-state index contributed by atoms with van der Waals surface area (Å²) in [6.07, 6.45) is 0. The van der Waals surface area contributed by atoms with Gasteiger partial charge in [-0.25, -0.2) is 0 Å². The standard InChI is InChI=1S/C24H12Br2O2/c25-19-5-1-3-15-17-11-13(7-9-21(17)27-23(15)19)14-8-10-22-18(12-14)16-4-2-6-20(26)24(16)28-22/h1-12H. The van der Waals surface area contributed by atoms with E-state index in [2.05, 4.69) is 68.3 Å². The highest BCUT2D eigenvalue weighted by Crippen LogP contribution is 2.38. The Morgan fingerprint density at radius 1 is 0.500 bits per heavy atom. The van der Waals surface area contributed by atoms with Crippen LogP contribution in [-0.2, 0) is 0 Å². The predicted octanol–water partition coefficient (Wildman–Crippen LogP) is 8.68. The highest BCUT2D eigenvalue weighted by Gasteiger charge is 2.13. The van der Waals surface area contributed by atoms with Crippen LogP contribution < -0.4 is 0 Å². The smallest absolute Gasteiger partial charge is 0.149 e. The molecule has 0 saturated heterocycles. The van der Waals surface area contributed by atoms with Crippen molar-refractivity contribution in [3.63, 3.8) is 0 Å². The van der Waals surface area contributed by atoms with Gasteiger partial charge in [0.25, 0.3) is 0 Å². The van der Waals surface area contributed by atoms with E-state index in [1.165, 1.54) is 0 Å². The summed E-state index contributed by atoms with van der Waals surface area (Å²) in [5.41, 5.74) is 5.86. The first-order chi connectivity index (χ1) is 13.7. The van der Waals surface area contributed by atoms with Crippen LogP contribution in [0.4, 0.5) is 0 Å². The molecule has 134 valence electrons. The van der Waals surface area contributed by atoms with Crippen molar-refractivity contribution in [3.05, 3.63) is 81.7 Å². The zero-order valence-electron chi connectivity index (χ0n) is 14.5.